The van der Waals surface area contributed by atoms with E-state index in [1.165, 1.54) is 24.8 Å². The van der Waals surface area contributed by atoms with Crippen molar-refractivity contribution in [3.63, 3.8) is 0 Å². The van der Waals surface area contributed by atoms with Crippen molar-refractivity contribution in [2.45, 2.75) is 44.2 Å². The Morgan fingerprint density at radius 3 is 2.68 bits per heavy atom. The van der Waals surface area contributed by atoms with E-state index < -0.39 is 0 Å². The van der Waals surface area contributed by atoms with E-state index in [1.807, 2.05) is 0 Å². The summed E-state index contributed by atoms with van der Waals surface area (Å²) in [5, 5.41) is 4.39. The first-order valence-corrected chi connectivity index (χ1v) is 10.0. The second kappa shape index (κ2) is 9.51. The monoisotopic (exact) mass is 361 g/mol. The third-order valence-corrected chi connectivity index (χ3v) is 5.76. The maximum atomic E-state index is 5.78. The molecule has 2 heterocycles. The van der Waals surface area contributed by atoms with Gasteiger partial charge in [0.05, 0.1) is 6.10 Å². The van der Waals surface area contributed by atoms with Gasteiger partial charge in [0.25, 0.3) is 0 Å². The van der Waals surface area contributed by atoms with Crippen LogP contribution in [0.3, 0.4) is 0 Å². The fraction of sp³-hybridized carbons (Fsp3) is 0.650. The normalized spacial score (nSPS) is 22.0. The number of hydrogen-bond donors (Lipinski definition) is 1. The number of ether oxygens (including phenoxy) is 1. The quantitative estimate of drug-likeness (QED) is 0.787. The highest BCUT2D eigenvalue weighted by Gasteiger charge is 2.25. The molecule has 2 fully saturated rings. The molecule has 25 heavy (non-hydrogen) atoms. The van der Waals surface area contributed by atoms with Gasteiger partial charge in [0.1, 0.15) is 0 Å². The standard InChI is InChI=1S/C20H31N3OS/c1-22-12-10-18(11-13-22)23(14-9-17-6-3-2-4-7-17)20(25)21-16-19-8-5-15-24-19/h2-4,6-7,18-19H,5,8-16H2,1H3,(H,21,25). The molecule has 2 aliphatic rings. The fourth-order valence-corrected chi connectivity index (χ4v) is 4.08. The third kappa shape index (κ3) is 5.66. The van der Waals surface area contributed by atoms with Crippen LogP contribution in [-0.2, 0) is 11.2 Å². The van der Waals surface area contributed by atoms with Crippen LogP contribution in [-0.4, -0.2) is 66.9 Å². The molecule has 1 unspecified atom stereocenters. The minimum absolute atomic E-state index is 0.325. The summed E-state index contributed by atoms with van der Waals surface area (Å²) in [6.07, 6.45) is 6.06. The molecule has 3 rings (SSSR count). The summed E-state index contributed by atoms with van der Waals surface area (Å²) in [5.41, 5.74) is 1.38. The Morgan fingerprint density at radius 2 is 2.00 bits per heavy atom. The molecule has 1 atom stereocenters. The van der Waals surface area contributed by atoms with Crippen LogP contribution in [0.25, 0.3) is 0 Å². The largest absolute Gasteiger partial charge is 0.376 e. The number of benzene rings is 1. The number of nitrogens with one attached hydrogen (secondary N) is 1. The van der Waals surface area contributed by atoms with E-state index in [2.05, 4.69) is 52.5 Å². The fourth-order valence-electron chi connectivity index (χ4n) is 3.76. The average molecular weight is 362 g/mol. The number of nitrogens with zero attached hydrogens (tertiary/aromatic N) is 2. The highest BCUT2D eigenvalue weighted by molar-refractivity contribution is 7.80. The summed E-state index contributed by atoms with van der Waals surface area (Å²) in [7, 11) is 2.21. The molecule has 1 N–H and O–H groups in total. The molecule has 0 radical (unpaired) electrons. The molecule has 0 aromatic heterocycles. The van der Waals surface area contributed by atoms with Crippen LogP contribution in [0.4, 0.5) is 0 Å². The van der Waals surface area contributed by atoms with Crippen molar-refractivity contribution in [3.05, 3.63) is 35.9 Å². The Morgan fingerprint density at radius 1 is 1.24 bits per heavy atom. The molecule has 0 amide bonds. The Hall–Kier alpha value is -1.17. The topological polar surface area (TPSA) is 27.7 Å². The van der Waals surface area contributed by atoms with Gasteiger partial charge in [-0.15, -0.1) is 0 Å². The smallest absolute Gasteiger partial charge is 0.169 e. The van der Waals surface area contributed by atoms with Gasteiger partial charge in [-0.2, -0.15) is 0 Å². The molecule has 5 heteroatoms. The zero-order valence-corrected chi connectivity index (χ0v) is 16.1. The molecule has 4 nitrogen and oxygen atoms in total. The van der Waals surface area contributed by atoms with Crippen LogP contribution >= 0.6 is 12.2 Å². The number of thiocarbonyl (C=S) groups is 1. The predicted molar refractivity (Wildman–Crippen MR) is 107 cm³/mol. The van der Waals surface area contributed by atoms with Crippen molar-refractivity contribution >= 4 is 17.3 Å². The van der Waals surface area contributed by atoms with Crippen LogP contribution in [0, 0.1) is 0 Å². The number of hydrogen-bond acceptors (Lipinski definition) is 3. The highest BCUT2D eigenvalue weighted by atomic mass is 32.1. The van der Waals surface area contributed by atoms with Crippen molar-refractivity contribution in [2.75, 3.05) is 39.8 Å². The predicted octanol–water partition coefficient (Wildman–Crippen LogP) is 2.68. The molecular formula is C20H31N3OS. The van der Waals surface area contributed by atoms with E-state index in [9.17, 15) is 0 Å². The first-order valence-electron chi connectivity index (χ1n) is 9.61. The van der Waals surface area contributed by atoms with Crippen LogP contribution in [0.2, 0.25) is 0 Å². The lowest BCUT2D eigenvalue weighted by molar-refractivity contribution is 0.112. The molecule has 2 aliphatic heterocycles. The Balaban J connectivity index is 1.57. The van der Waals surface area contributed by atoms with Gasteiger partial charge in [-0.05, 0) is 70.0 Å². The van der Waals surface area contributed by atoms with Crippen molar-refractivity contribution < 1.29 is 4.74 Å². The molecule has 138 valence electrons. The van der Waals surface area contributed by atoms with Crippen LogP contribution < -0.4 is 5.32 Å². The van der Waals surface area contributed by atoms with Crippen LogP contribution in [0.5, 0.6) is 0 Å². The summed E-state index contributed by atoms with van der Waals surface area (Å²) in [5.74, 6) is 0. The maximum absolute atomic E-state index is 5.78. The molecule has 0 saturated carbocycles. The SMILES string of the molecule is CN1CCC(N(CCc2ccccc2)C(=S)NCC2CCCO2)CC1. The lowest BCUT2D eigenvalue weighted by Gasteiger charge is -2.39. The van der Waals surface area contributed by atoms with Crippen molar-refractivity contribution in [1.29, 1.82) is 0 Å². The first-order chi connectivity index (χ1) is 12.2. The van der Waals surface area contributed by atoms with Crippen molar-refractivity contribution in [1.82, 2.24) is 15.1 Å². The van der Waals surface area contributed by atoms with Gasteiger partial charge in [0, 0.05) is 25.7 Å². The van der Waals surface area contributed by atoms with Crippen LogP contribution in [0.15, 0.2) is 30.3 Å². The molecule has 1 aromatic carbocycles. The molecule has 1 aromatic rings. The summed E-state index contributed by atoms with van der Waals surface area (Å²) < 4.78 is 5.72. The van der Waals surface area contributed by atoms with Gasteiger partial charge in [0.2, 0.25) is 0 Å². The minimum Gasteiger partial charge on any atom is -0.376 e. The number of piperidine rings is 1. The zero-order chi connectivity index (χ0) is 17.5. The zero-order valence-electron chi connectivity index (χ0n) is 15.3. The Kier molecular flexibility index (Phi) is 7.08. The average Bonchev–Trinajstić information content (AvgIpc) is 3.16. The molecule has 0 aliphatic carbocycles. The summed E-state index contributed by atoms with van der Waals surface area (Å²) in [6.45, 7) is 5.02. The Bertz CT molecular complexity index is 525. The van der Waals surface area contributed by atoms with Crippen LogP contribution in [0.1, 0.15) is 31.2 Å². The Labute approximate surface area is 157 Å². The van der Waals surface area contributed by atoms with E-state index in [1.54, 1.807) is 0 Å². The number of likely N-dealkylation sites (tertiary alicyclic amines) is 1. The van der Waals surface area contributed by atoms with E-state index in [-0.39, 0.29) is 0 Å². The van der Waals surface area contributed by atoms with Gasteiger partial charge in [-0.25, -0.2) is 0 Å². The van der Waals surface area contributed by atoms with E-state index >= 15 is 0 Å². The molecular weight excluding hydrogens is 330 g/mol. The van der Waals surface area contributed by atoms with Gasteiger partial charge >= 0.3 is 0 Å². The lowest BCUT2D eigenvalue weighted by Crippen LogP contribution is -2.51. The minimum atomic E-state index is 0.325. The molecule has 0 spiro atoms. The first kappa shape index (κ1) is 18.6. The highest BCUT2D eigenvalue weighted by Crippen LogP contribution is 2.17. The number of rotatable bonds is 6. The van der Waals surface area contributed by atoms with Gasteiger partial charge in [-0.1, -0.05) is 30.3 Å². The summed E-state index contributed by atoms with van der Waals surface area (Å²) >= 11 is 5.78. The van der Waals surface area contributed by atoms with Crippen molar-refractivity contribution in [3.8, 4) is 0 Å². The molecule has 0 bridgehead atoms. The third-order valence-electron chi connectivity index (χ3n) is 5.38. The molecule has 2 saturated heterocycles. The van der Waals surface area contributed by atoms with Gasteiger partial charge < -0.3 is 19.9 Å². The summed E-state index contributed by atoms with van der Waals surface area (Å²) in [4.78, 5) is 4.85. The van der Waals surface area contributed by atoms with Crippen molar-refractivity contribution in [2.24, 2.45) is 0 Å². The van der Waals surface area contributed by atoms with Gasteiger partial charge in [-0.3, -0.25) is 0 Å². The summed E-state index contributed by atoms with van der Waals surface area (Å²) in [6, 6.07) is 11.3. The second-order valence-electron chi connectivity index (χ2n) is 7.28. The lowest BCUT2D eigenvalue weighted by atomic mass is 10.0. The van der Waals surface area contributed by atoms with E-state index in [0.29, 0.717) is 12.1 Å². The second-order valence-corrected chi connectivity index (χ2v) is 7.67. The van der Waals surface area contributed by atoms with E-state index in [4.69, 9.17) is 17.0 Å². The maximum Gasteiger partial charge on any atom is 0.169 e. The van der Waals surface area contributed by atoms with Gasteiger partial charge in [0.15, 0.2) is 5.11 Å². The van der Waals surface area contributed by atoms with E-state index in [0.717, 1.165) is 50.7 Å².